The number of hydrogen-bond acceptors (Lipinski definition) is 5. The molecule has 1 unspecified atom stereocenters. The second-order valence-corrected chi connectivity index (χ2v) is 7.49. The van der Waals surface area contributed by atoms with Crippen LogP contribution >= 0.6 is 23.7 Å². The van der Waals surface area contributed by atoms with Gasteiger partial charge in [0.25, 0.3) is 5.91 Å². The lowest BCUT2D eigenvalue weighted by atomic mass is 10.1. The highest BCUT2D eigenvalue weighted by atomic mass is 35.5. The summed E-state index contributed by atoms with van der Waals surface area (Å²) in [7, 11) is 0. The molecule has 1 amide bonds. The molecule has 7 heteroatoms. The molecule has 1 aromatic carbocycles. The van der Waals surface area contributed by atoms with E-state index in [4.69, 9.17) is 4.74 Å². The number of thiazole rings is 1. The van der Waals surface area contributed by atoms with Crippen LogP contribution in [0.3, 0.4) is 0 Å². The first-order chi connectivity index (χ1) is 12.1. The Bertz CT molecular complexity index is 697. The number of aromatic nitrogens is 1. The molecule has 2 N–H and O–H groups in total. The summed E-state index contributed by atoms with van der Waals surface area (Å²) in [6, 6.07) is 7.83. The summed E-state index contributed by atoms with van der Waals surface area (Å²) in [5.74, 6) is 1.43. The van der Waals surface area contributed by atoms with Crippen molar-refractivity contribution < 1.29 is 9.53 Å². The highest BCUT2D eigenvalue weighted by Crippen LogP contribution is 2.26. The third kappa shape index (κ3) is 5.69. The zero-order valence-corrected chi connectivity index (χ0v) is 16.8. The maximum atomic E-state index is 12.2. The van der Waals surface area contributed by atoms with Gasteiger partial charge < -0.3 is 15.4 Å². The Balaban J connectivity index is 0.00000243. The Hall–Kier alpha value is -1.63. The van der Waals surface area contributed by atoms with Crippen LogP contribution in [0.15, 0.2) is 29.6 Å². The minimum absolute atomic E-state index is 0. The van der Waals surface area contributed by atoms with Crippen molar-refractivity contribution in [2.24, 2.45) is 5.92 Å². The molecular formula is C19H26ClN3O2S. The monoisotopic (exact) mass is 395 g/mol. The van der Waals surface area contributed by atoms with Crippen LogP contribution in [0.25, 0.3) is 10.6 Å². The number of rotatable bonds is 7. The fourth-order valence-electron chi connectivity index (χ4n) is 2.90. The van der Waals surface area contributed by atoms with Gasteiger partial charge >= 0.3 is 0 Å². The Labute approximate surface area is 165 Å². The zero-order chi connectivity index (χ0) is 17.6. The first-order valence-electron chi connectivity index (χ1n) is 8.83. The maximum Gasteiger partial charge on any atom is 0.270 e. The van der Waals surface area contributed by atoms with Crippen molar-refractivity contribution in [1.29, 1.82) is 0 Å². The molecule has 142 valence electrons. The molecule has 3 rings (SSSR count). The van der Waals surface area contributed by atoms with Gasteiger partial charge in [-0.15, -0.1) is 23.7 Å². The first kappa shape index (κ1) is 20.7. The number of halogens is 1. The van der Waals surface area contributed by atoms with Crippen molar-refractivity contribution >= 4 is 29.7 Å². The van der Waals surface area contributed by atoms with Crippen LogP contribution < -0.4 is 15.4 Å². The van der Waals surface area contributed by atoms with E-state index in [0.29, 0.717) is 18.2 Å². The van der Waals surface area contributed by atoms with Gasteiger partial charge in [-0.1, -0.05) is 0 Å². The average Bonchev–Trinajstić information content (AvgIpc) is 3.26. The zero-order valence-electron chi connectivity index (χ0n) is 15.2. The van der Waals surface area contributed by atoms with E-state index in [1.165, 1.54) is 17.8 Å². The van der Waals surface area contributed by atoms with Crippen molar-refractivity contribution in [1.82, 2.24) is 15.6 Å². The molecular weight excluding hydrogens is 370 g/mol. The van der Waals surface area contributed by atoms with Gasteiger partial charge in [-0.25, -0.2) is 4.98 Å². The summed E-state index contributed by atoms with van der Waals surface area (Å²) in [6.45, 7) is 6.87. The van der Waals surface area contributed by atoms with E-state index in [9.17, 15) is 4.79 Å². The van der Waals surface area contributed by atoms with E-state index in [0.717, 1.165) is 35.8 Å². The van der Waals surface area contributed by atoms with Gasteiger partial charge in [0.15, 0.2) is 0 Å². The molecule has 1 saturated heterocycles. The number of nitrogens with one attached hydrogen (secondary N) is 2. The van der Waals surface area contributed by atoms with Gasteiger partial charge in [-0.2, -0.15) is 0 Å². The van der Waals surface area contributed by atoms with Crippen molar-refractivity contribution in [3.05, 3.63) is 35.3 Å². The third-order valence-electron chi connectivity index (χ3n) is 4.21. The summed E-state index contributed by atoms with van der Waals surface area (Å²) in [4.78, 5) is 16.7. The SMILES string of the molecule is CC(C)Oc1ccc(-c2nc(C(=O)NCCC3CCNC3)cs2)cc1.Cl. The topological polar surface area (TPSA) is 63.2 Å². The molecule has 2 aromatic rings. The van der Waals surface area contributed by atoms with Crippen molar-refractivity contribution in [2.75, 3.05) is 19.6 Å². The standard InChI is InChI=1S/C19H25N3O2S.ClH/c1-13(2)24-16-5-3-15(4-6-16)19-22-17(12-25-19)18(23)21-10-8-14-7-9-20-11-14;/h3-6,12-14,20H,7-11H2,1-2H3,(H,21,23);1H. The molecule has 1 aromatic heterocycles. The highest BCUT2D eigenvalue weighted by molar-refractivity contribution is 7.13. The first-order valence-corrected chi connectivity index (χ1v) is 9.71. The van der Waals surface area contributed by atoms with E-state index in [1.807, 2.05) is 43.5 Å². The van der Waals surface area contributed by atoms with Crippen molar-refractivity contribution in [2.45, 2.75) is 32.8 Å². The van der Waals surface area contributed by atoms with Gasteiger partial charge in [0.1, 0.15) is 16.5 Å². The molecule has 5 nitrogen and oxygen atoms in total. The lowest BCUT2D eigenvalue weighted by Gasteiger charge is -2.09. The largest absolute Gasteiger partial charge is 0.491 e. The summed E-state index contributed by atoms with van der Waals surface area (Å²) in [6.07, 6.45) is 2.38. The van der Waals surface area contributed by atoms with E-state index in [2.05, 4.69) is 15.6 Å². The Kier molecular flexibility index (Phi) is 7.87. The fraction of sp³-hybridized carbons (Fsp3) is 0.474. The second kappa shape index (κ2) is 9.90. The highest BCUT2D eigenvalue weighted by Gasteiger charge is 2.16. The lowest BCUT2D eigenvalue weighted by molar-refractivity contribution is 0.0947. The predicted octanol–water partition coefficient (Wildman–Crippen LogP) is 3.75. The number of carbonyl (C=O) groups excluding carboxylic acids is 1. The van der Waals surface area contributed by atoms with E-state index in [-0.39, 0.29) is 24.4 Å². The normalized spacial score (nSPS) is 16.3. The number of nitrogens with zero attached hydrogens (tertiary/aromatic N) is 1. The average molecular weight is 396 g/mol. The molecule has 0 saturated carbocycles. The van der Waals surface area contributed by atoms with Gasteiger partial charge in [-0.05, 0) is 70.0 Å². The summed E-state index contributed by atoms with van der Waals surface area (Å²) in [5, 5.41) is 8.99. The molecule has 2 heterocycles. The maximum absolute atomic E-state index is 12.2. The molecule has 1 aliphatic rings. The van der Waals surface area contributed by atoms with Crippen LogP contribution in [0.2, 0.25) is 0 Å². The number of carbonyl (C=O) groups is 1. The van der Waals surface area contributed by atoms with Crippen LogP contribution in [0.4, 0.5) is 0 Å². The predicted molar refractivity (Wildman–Crippen MR) is 108 cm³/mol. The molecule has 26 heavy (non-hydrogen) atoms. The van der Waals surface area contributed by atoms with Crippen LogP contribution in [0, 0.1) is 5.92 Å². The van der Waals surface area contributed by atoms with Gasteiger partial charge in [0, 0.05) is 17.5 Å². The van der Waals surface area contributed by atoms with E-state index in [1.54, 1.807) is 0 Å². The molecule has 0 radical (unpaired) electrons. The second-order valence-electron chi connectivity index (χ2n) is 6.63. The summed E-state index contributed by atoms with van der Waals surface area (Å²) < 4.78 is 5.65. The van der Waals surface area contributed by atoms with Gasteiger partial charge in [0.2, 0.25) is 0 Å². The van der Waals surface area contributed by atoms with E-state index < -0.39 is 0 Å². The quantitative estimate of drug-likeness (QED) is 0.749. The third-order valence-corrected chi connectivity index (χ3v) is 5.10. The minimum atomic E-state index is -0.0896. The minimum Gasteiger partial charge on any atom is -0.491 e. The van der Waals surface area contributed by atoms with Gasteiger partial charge in [-0.3, -0.25) is 4.79 Å². The Morgan fingerprint density at radius 2 is 2.15 bits per heavy atom. The van der Waals surface area contributed by atoms with Gasteiger partial charge in [0.05, 0.1) is 6.10 Å². The fourth-order valence-corrected chi connectivity index (χ4v) is 3.71. The van der Waals surface area contributed by atoms with Crippen LogP contribution in [-0.2, 0) is 0 Å². The Morgan fingerprint density at radius 1 is 1.38 bits per heavy atom. The Morgan fingerprint density at radius 3 is 2.81 bits per heavy atom. The smallest absolute Gasteiger partial charge is 0.270 e. The number of ether oxygens (including phenoxy) is 1. The number of hydrogen-bond donors (Lipinski definition) is 2. The number of benzene rings is 1. The lowest BCUT2D eigenvalue weighted by Crippen LogP contribution is -2.26. The van der Waals surface area contributed by atoms with E-state index >= 15 is 0 Å². The molecule has 0 spiro atoms. The molecule has 1 atom stereocenters. The van der Waals surface area contributed by atoms with Crippen LogP contribution in [-0.4, -0.2) is 36.6 Å². The summed E-state index contributed by atoms with van der Waals surface area (Å²) >= 11 is 1.49. The number of amides is 1. The van der Waals surface area contributed by atoms with Crippen molar-refractivity contribution in [3.63, 3.8) is 0 Å². The molecule has 0 aliphatic carbocycles. The molecule has 1 aliphatic heterocycles. The molecule has 0 bridgehead atoms. The summed E-state index contributed by atoms with van der Waals surface area (Å²) in [5.41, 5.74) is 1.49. The van der Waals surface area contributed by atoms with Crippen LogP contribution in [0.5, 0.6) is 5.75 Å². The van der Waals surface area contributed by atoms with Crippen molar-refractivity contribution in [3.8, 4) is 16.3 Å². The molecule has 1 fully saturated rings. The van der Waals surface area contributed by atoms with Crippen LogP contribution in [0.1, 0.15) is 37.2 Å².